The van der Waals surface area contributed by atoms with Gasteiger partial charge in [0.05, 0.1) is 6.61 Å². The summed E-state index contributed by atoms with van der Waals surface area (Å²) in [5, 5.41) is 3.69. The molecular formula is C12H10FNO3. The lowest BCUT2D eigenvalue weighted by molar-refractivity contribution is 0.0526. The van der Waals surface area contributed by atoms with E-state index >= 15 is 0 Å². The van der Waals surface area contributed by atoms with Crippen molar-refractivity contribution in [1.82, 2.24) is 5.16 Å². The average Bonchev–Trinajstić information content (AvgIpc) is 2.78. The molecule has 0 N–H and O–H groups in total. The van der Waals surface area contributed by atoms with Gasteiger partial charge in [-0.25, -0.2) is 9.18 Å². The summed E-state index contributed by atoms with van der Waals surface area (Å²) in [6.45, 7) is 1.96. The zero-order chi connectivity index (χ0) is 12.3. The highest BCUT2D eigenvalue weighted by Gasteiger charge is 2.18. The number of carbonyl (C=O) groups excluding carboxylic acids is 1. The topological polar surface area (TPSA) is 52.3 Å². The molecule has 0 spiro atoms. The van der Waals surface area contributed by atoms with Gasteiger partial charge in [0, 0.05) is 5.56 Å². The highest BCUT2D eigenvalue weighted by Crippen LogP contribution is 2.23. The highest BCUT2D eigenvalue weighted by molar-refractivity contribution is 5.95. The van der Waals surface area contributed by atoms with Crippen molar-refractivity contribution in [3.63, 3.8) is 0 Å². The zero-order valence-electron chi connectivity index (χ0n) is 9.14. The van der Waals surface area contributed by atoms with E-state index in [-0.39, 0.29) is 17.9 Å². The van der Waals surface area contributed by atoms with E-state index in [0.29, 0.717) is 5.56 Å². The maximum Gasteiger partial charge on any atom is 0.343 e. The molecule has 1 aromatic carbocycles. The lowest BCUT2D eigenvalue weighted by atomic mass is 10.1. The molecular weight excluding hydrogens is 225 g/mol. The van der Waals surface area contributed by atoms with Crippen LogP contribution in [0, 0.1) is 5.82 Å². The molecule has 0 unspecified atom stereocenters. The first kappa shape index (κ1) is 11.3. The number of rotatable bonds is 3. The quantitative estimate of drug-likeness (QED) is 0.767. The minimum atomic E-state index is -0.534. The summed E-state index contributed by atoms with van der Waals surface area (Å²) in [6, 6.07) is 5.77. The molecule has 4 nitrogen and oxygen atoms in total. The Morgan fingerprint density at radius 2 is 2.35 bits per heavy atom. The molecule has 0 amide bonds. The van der Waals surface area contributed by atoms with Gasteiger partial charge in [-0.1, -0.05) is 17.3 Å². The van der Waals surface area contributed by atoms with Gasteiger partial charge < -0.3 is 9.26 Å². The Balaban J connectivity index is 2.40. The lowest BCUT2D eigenvalue weighted by Crippen LogP contribution is -2.04. The molecule has 0 bridgehead atoms. The summed E-state index contributed by atoms with van der Waals surface area (Å²) in [5.74, 6) is -0.937. The standard InChI is InChI=1S/C12H10FNO3/c1-2-16-12(15)10-7-17-14-11(10)8-4-3-5-9(13)6-8/h3-7H,2H2,1H3. The summed E-state index contributed by atoms with van der Waals surface area (Å²) >= 11 is 0. The van der Waals surface area contributed by atoms with Gasteiger partial charge in [-0.3, -0.25) is 0 Å². The molecule has 2 rings (SSSR count). The van der Waals surface area contributed by atoms with E-state index in [9.17, 15) is 9.18 Å². The third-order valence-electron chi connectivity index (χ3n) is 2.16. The number of hydrogen-bond donors (Lipinski definition) is 0. The SMILES string of the molecule is CCOC(=O)c1conc1-c1cccc(F)c1. The van der Waals surface area contributed by atoms with Crippen LogP contribution in [-0.4, -0.2) is 17.7 Å². The number of hydrogen-bond acceptors (Lipinski definition) is 4. The van der Waals surface area contributed by atoms with Crippen LogP contribution in [0.25, 0.3) is 11.3 Å². The largest absolute Gasteiger partial charge is 0.462 e. The molecule has 0 saturated heterocycles. The molecule has 17 heavy (non-hydrogen) atoms. The predicted octanol–water partition coefficient (Wildman–Crippen LogP) is 2.66. The maximum atomic E-state index is 13.1. The summed E-state index contributed by atoms with van der Waals surface area (Å²) in [7, 11) is 0. The van der Waals surface area contributed by atoms with Gasteiger partial charge in [0.15, 0.2) is 0 Å². The van der Waals surface area contributed by atoms with Gasteiger partial charge in [-0.05, 0) is 19.1 Å². The second kappa shape index (κ2) is 4.78. The molecule has 0 radical (unpaired) electrons. The minimum absolute atomic E-state index is 0.192. The van der Waals surface area contributed by atoms with Crippen LogP contribution in [0.1, 0.15) is 17.3 Å². The van der Waals surface area contributed by atoms with Crippen LogP contribution in [0.2, 0.25) is 0 Å². The third-order valence-corrected chi connectivity index (χ3v) is 2.16. The molecule has 1 aromatic heterocycles. The van der Waals surface area contributed by atoms with Crippen LogP contribution in [0.5, 0.6) is 0 Å². The Kier molecular flexibility index (Phi) is 3.18. The fourth-order valence-electron chi connectivity index (χ4n) is 1.43. The smallest absolute Gasteiger partial charge is 0.343 e. The van der Waals surface area contributed by atoms with Crippen LogP contribution >= 0.6 is 0 Å². The molecule has 1 heterocycles. The molecule has 0 fully saturated rings. The van der Waals surface area contributed by atoms with Crippen molar-refractivity contribution in [3.05, 3.63) is 41.9 Å². The summed E-state index contributed by atoms with van der Waals surface area (Å²) in [6.07, 6.45) is 1.19. The fraction of sp³-hybridized carbons (Fsp3) is 0.167. The van der Waals surface area contributed by atoms with Crippen molar-refractivity contribution in [3.8, 4) is 11.3 Å². The first-order chi connectivity index (χ1) is 8.22. The molecule has 2 aromatic rings. The summed E-state index contributed by atoms with van der Waals surface area (Å²) in [5.41, 5.74) is 0.946. The van der Waals surface area contributed by atoms with E-state index < -0.39 is 11.8 Å². The second-order valence-electron chi connectivity index (χ2n) is 3.31. The Bertz CT molecular complexity index is 536. The van der Waals surface area contributed by atoms with Gasteiger partial charge in [-0.2, -0.15) is 0 Å². The molecule has 0 atom stereocenters. The van der Waals surface area contributed by atoms with Crippen LogP contribution in [0.4, 0.5) is 4.39 Å². The van der Waals surface area contributed by atoms with Gasteiger partial charge in [0.1, 0.15) is 23.3 Å². The van der Waals surface area contributed by atoms with Crippen molar-refractivity contribution in [1.29, 1.82) is 0 Å². The highest BCUT2D eigenvalue weighted by atomic mass is 19.1. The predicted molar refractivity (Wildman–Crippen MR) is 57.9 cm³/mol. The molecule has 5 heteroatoms. The molecule has 0 aliphatic carbocycles. The molecule has 0 aliphatic heterocycles. The van der Waals surface area contributed by atoms with Crippen molar-refractivity contribution < 1.29 is 18.4 Å². The average molecular weight is 235 g/mol. The number of aromatic nitrogens is 1. The number of esters is 1. The number of nitrogens with zero attached hydrogens (tertiary/aromatic N) is 1. The monoisotopic (exact) mass is 235 g/mol. The van der Waals surface area contributed by atoms with Crippen LogP contribution < -0.4 is 0 Å². The maximum absolute atomic E-state index is 13.1. The first-order valence-electron chi connectivity index (χ1n) is 5.09. The third kappa shape index (κ3) is 2.33. The van der Waals surface area contributed by atoms with Crippen LogP contribution in [-0.2, 0) is 4.74 Å². The Labute approximate surface area is 97.0 Å². The number of carbonyl (C=O) groups is 1. The van der Waals surface area contributed by atoms with Crippen molar-refractivity contribution in [2.75, 3.05) is 6.61 Å². The Hall–Kier alpha value is -2.17. The van der Waals surface area contributed by atoms with Crippen molar-refractivity contribution in [2.24, 2.45) is 0 Å². The second-order valence-corrected chi connectivity index (χ2v) is 3.31. The number of halogens is 1. The van der Waals surface area contributed by atoms with E-state index in [0.717, 1.165) is 0 Å². The Morgan fingerprint density at radius 1 is 1.53 bits per heavy atom. The van der Waals surface area contributed by atoms with E-state index in [1.54, 1.807) is 13.0 Å². The molecule has 0 saturated carbocycles. The van der Waals surface area contributed by atoms with Crippen molar-refractivity contribution >= 4 is 5.97 Å². The first-order valence-corrected chi connectivity index (χ1v) is 5.09. The van der Waals surface area contributed by atoms with Gasteiger partial charge in [0.25, 0.3) is 0 Å². The summed E-state index contributed by atoms with van der Waals surface area (Å²) in [4.78, 5) is 11.6. The zero-order valence-corrected chi connectivity index (χ0v) is 9.14. The lowest BCUT2D eigenvalue weighted by Gasteiger charge is -2.01. The number of ether oxygens (including phenoxy) is 1. The Morgan fingerprint density at radius 3 is 3.06 bits per heavy atom. The minimum Gasteiger partial charge on any atom is -0.462 e. The van der Waals surface area contributed by atoms with E-state index in [2.05, 4.69) is 5.16 Å². The van der Waals surface area contributed by atoms with E-state index in [4.69, 9.17) is 9.26 Å². The number of benzene rings is 1. The van der Waals surface area contributed by atoms with E-state index in [1.807, 2.05) is 0 Å². The van der Waals surface area contributed by atoms with E-state index in [1.165, 1.54) is 24.5 Å². The summed E-state index contributed by atoms with van der Waals surface area (Å²) < 4.78 is 22.6. The van der Waals surface area contributed by atoms with Gasteiger partial charge in [-0.15, -0.1) is 0 Å². The molecule has 88 valence electrons. The van der Waals surface area contributed by atoms with Gasteiger partial charge >= 0.3 is 5.97 Å². The van der Waals surface area contributed by atoms with Crippen molar-refractivity contribution in [2.45, 2.75) is 6.92 Å². The van der Waals surface area contributed by atoms with Crippen LogP contribution in [0.15, 0.2) is 35.1 Å². The normalized spacial score (nSPS) is 10.2. The molecule has 0 aliphatic rings. The van der Waals surface area contributed by atoms with Gasteiger partial charge in [0.2, 0.25) is 0 Å². The fourth-order valence-corrected chi connectivity index (χ4v) is 1.43. The van der Waals surface area contributed by atoms with Crippen LogP contribution in [0.3, 0.4) is 0 Å².